The number of carbonyl (C=O) groups is 1. The second-order valence-corrected chi connectivity index (χ2v) is 5.01. The molecule has 96 valence electrons. The Morgan fingerprint density at radius 1 is 1.32 bits per heavy atom. The third kappa shape index (κ3) is 2.17. The van der Waals surface area contributed by atoms with Gasteiger partial charge in [0.15, 0.2) is 0 Å². The highest BCUT2D eigenvalue weighted by atomic mass is 32.1. The molecule has 1 aromatic heterocycles. The molecule has 0 spiro atoms. The van der Waals surface area contributed by atoms with Crippen molar-refractivity contribution in [2.75, 3.05) is 6.61 Å². The summed E-state index contributed by atoms with van der Waals surface area (Å²) in [5, 5.41) is 6.12. The number of aromatic nitrogens is 2. The van der Waals surface area contributed by atoms with Gasteiger partial charge in [0.2, 0.25) is 0 Å². The van der Waals surface area contributed by atoms with Crippen molar-refractivity contribution in [1.82, 2.24) is 9.59 Å². The van der Waals surface area contributed by atoms with Crippen molar-refractivity contribution in [3.8, 4) is 0 Å². The van der Waals surface area contributed by atoms with E-state index in [4.69, 9.17) is 4.74 Å². The Labute approximate surface area is 114 Å². The van der Waals surface area contributed by atoms with Crippen molar-refractivity contribution < 1.29 is 9.53 Å². The molecule has 5 heteroatoms. The summed E-state index contributed by atoms with van der Waals surface area (Å²) in [6, 6.07) is 9.45. The molecule has 0 radical (unpaired) electrons. The van der Waals surface area contributed by atoms with E-state index in [0.29, 0.717) is 12.2 Å². The summed E-state index contributed by atoms with van der Waals surface area (Å²) in [6.45, 7) is 2.43. The van der Waals surface area contributed by atoms with Crippen LogP contribution in [0.25, 0.3) is 21.0 Å². The summed E-state index contributed by atoms with van der Waals surface area (Å²) in [7, 11) is 0. The maximum Gasteiger partial charge on any atom is 0.338 e. The zero-order valence-electron chi connectivity index (χ0n) is 10.4. The number of ether oxygens (including phenoxy) is 1. The minimum atomic E-state index is -0.272. The third-order valence-electron chi connectivity index (χ3n) is 2.90. The monoisotopic (exact) mass is 272 g/mol. The minimum Gasteiger partial charge on any atom is -0.462 e. The minimum absolute atomic E-state index is 0.272. The lowest BCUT2D eigenvalue weighted by atomic mass is 10.1. The molecule has 0 bridgehead atoms. The lowest BCUT2D eigenvalue weighted by Gasteiger charge is -2.04. The van der Waals surface area contributed by atoms with Crippen LogP contribution < -0.4 is 0 Å². The zero-order chi connectivity index (χ0) is 13.2. The number of esters is 1. The first-order valence-corrected chi connectivity index (χ1v) is 6.89. The van der Waals surface area contributed by atoms with Crippen molar-refractivity contribution in [1.29, 1.82) is 0 Å². The molecule has 1 heterocycles. The van der Waals surface area contributed by atoms with E-state index in [2.05, 4.69) is 9.59 Å². The van der Waals surface area contributed by atoms with E-state index in [1.165, 1.54) is 11.5 Å². The molecule has 0 atom stereocenters. The van der Waals surface area contributed by atoms with Gasteiger partial charge < -0.3 is 4.74 Å². The summed E-state index contributed by atoms with van der Waals surface area (Å²) in [5.74, 6) is -0.272. The predicted octanol–water partition coefficient (Wildman–Crippen LogP) is 3.41. The van der Waals surface area contributed by atoms with Gasteiger partial charge in [0.25, 0.3) is 0 Å². The van der Waals surface area contributed by atoms with Crippen LogP contribution in [-0.2, 0) is 4.74 Å². The number of hydrogen-bond acceptors (Lipinski definition) is 5. The molecular weight excluding hydrogens is 260 g/mol. The Hall–Kier alpha value is -2.01. The summed E-state index contributed by atoms with van der Waals surface area (Å²) in [6.07, 6.45) is 0.826. The molecule has 2 aromatic carbocycles. The topological polar surface area (TPSA) is 52.1 Å². The van der Waals surface area contributed by atoms with Gasteiger partial charge in [-0.15, -0.1) is 5.10 Å². The maximum atomic E-state index is 11.8. The molecule has 0 saturated carbocycles. The van der Waals surface area contributed by atoms with Crippen molar-refractivity contribution in [3.05, 3.63) is 35.9 Å². The van der Waals surface area contributed by atoms with Crippen LogP contribution in [0.1, 0.15) is 23.7 Å². The standard InChI is InChI=1S/C14H12N2O2S/c1-2-7-18-14(17)10-3-5-11-9(8-10)4-6-12-13(11)19-16-15-12/h3-6,8H,2,7H2,1H3. The van der Waals surface area contributed by atoms with Crippen molar-refractivity contribution in [2.24, 2.45) is 0 Å². The zero-order valence-corrected chi connectivity index (χ0v) is 11.2. The normalized spacial score (nSPS) is 11.0. The SMILES string of the molecule is CCCOC(=O)c1ccc2c(ccc3nnsc32)c1. The molecule has 0 N–H and O–H groups in total. The second-order valence-electron chi connectivity index (χ2n) is 4.26. The summed E-state index contributed by atoms with van der Waals surface area (Å²) in [5.41, 5.74) is 1.47. The van der Waals surface area contributed by atoms with Crippen LogP contribution in [0.3, 0.4) is 0 Å². The Bertz CT molecular complexity index is 751. The van der Waals surface area contributed by atoms with Gasteiger partial charge in [-0.1, -0.05) is 23.5 Å². The third-order valence-corrected chi connectivity index (χ3v) is 3.68. The molecule has 0 aliphatic heterocycles. The quantitative estimate of drug-likeness (QED) is 0.686. The van der Waals surface area contributed by atoms with Crippen LogP contribution in [0.4, 0.5) is 0 Å². The van der Waals surface area contributed by atoms with Crippen molar-refractivity contribution in [2.45, 2.75) is 13.3 Å². The van der Waals surface area contributed by atoms with Gasteiger partial charge in [-0.05, 0) is 41.5 Å². The highest BCUT2D eigenvalue weighted by Crippen LogP contribution is 2.27. The van der Waals surface area contributed by atoms with Gasteiger partial charge in [0.05, 0.1) is 16.9 Å². The number of hydrogen-bond donors (Lipinski definition) is 0. The lowest BCUT2D eigenvalue weighted by Crippen LogP contribution is -2.05. The fourth-order valence-electron chi connectivity index (χ4n) is 1.97. The van der Waals surface area contributed by atoms with Gasteiger partial charge in [-0.2, -0.15) is 0 Å². The molecule has 3 rings (SSSR count). The molecule has 3 aromatic rings. The first kappa shape index (κ1) is 12.0. The van der Waals surface area contributed by atoms with Gasteiger partial charge in [-0.25, -0.2) is 4.79 Å². The van der Waals surface area contributed by atoms with Crippen LogP contribution in [0, 0.1) is 0 Å². The largest absolute Gasteiger partial charge is 0.462 e. The Balaban J connectivity index is 2.06. The fourth-order valence-corrected chi connectivity index (χ4v) is 2.67. The fraction of sp³-hybridized carbons (Fsp3) is 0.214. The van der Waals surface area contributed by atoms with Gasteiger partial charge >= 0.3 is 5.97 Å². The Morgan fingerprint density at radius 3 is 3.05 bits per heavy atom. The molecule has 4 nitrogen and oxygen atoms in total. The average Bonchev–Trinajstić information content (AvgIpc) is 2.92. The van der Waals surface area contributed by atoms with Crippen molar-refractivity contribution in [3.63, 3.8) is 0 Å². The number of nitrogens with zero attached hydrogens (tertiary/aromatic N) is 2. The van der Waals surface area contributed by atoms with Crippen molar-refractivity contribution >= 4 is 38.5 Å². The second kappa shape index (κ2) is 4.93. The first-order chi connectivity index (χ1) is 9.29. The van der Waals surface area contributed by atoms with Crippen LogP contribution in [0.2, 0.25) is 0 Å². The molecule has 0 amide bonds. The highest BCUT2D eigenvalue weighted by Gasteiger charge is 2.10. The Kier molecular flexibility index (Phi) is 3.13. The Morgan fingerprint density at radius 2 is 2.21 bits per heavy atom. The van der Waals surface area contributed by atoms with E-state index in [9.17, 15) is 4.79 Å². The van der Waals surface area contributed by atoms with E-state index in [0.717, 1.165) is 27.4 Å². The number of carbonyl (C=O) groups excluding carboxylic acids is 1. The van der Waals surface area contributed by atoms with E-state index in [-0.39, 0.29) is 5.97 Å². The van der Waals surface area contributed by atoms with E-state index >= 15 is 0 Å². The average molecular weight is 272 g/mol. The van der Waals surface area contributed by atoms with Crippen LogP contribution in [-0.4, -0.2) is 22.2 Å². The van der Waals surface area contributed by atoms with E-state index in [1.54, 1.807) is 6.07 Å². The van der Waals surface area contributed by atoms with Gasteiger partial charge in [0.1, 0.15) is 5.52 Å². The van der Waals surface area contributed by atoms with Crippen LogP contribution in [0.15, 0.2) is 30.3 Å². The van der Waals surface area contributed by atoms with E-state index < -0.39 is 0 Å². The predicted molar refractivity (Wildman–Crippen MR) is 75.5 cm³/mol. The number of rotatable bonds is 3. The molecule has 0 aliphatic rings. The van der Waals surface area contributed by atoms with Gasteiger partial charge in [0, 0.05) is 5.39 Å². The summed E-state index contributed by atoms with van der Waals surface area (Å²) in [4.78, 5) is 11.8. The smallest absolute Gasteiger partial charge is 0.338 e. The molecule has 0 saturated heterocycles. The van der Waals surface area contributed by atoms with E-state index in [1.807, 2.05) is 31.2 Å². The maximum absolute atomic E-state index is 11.8. The highest BCUT2D eigenvalue weighted by molar-refractivity contribution is 7.14. The molecular formula is C14H12N2O2S. The molecule has 0 aliphatic carbocycles. The number of fused-ring (bicyclic) bond motifs is 3. The first-order valence-electron chi connectivity index (χ1n) is 6.11. The number of benzene rings is 2. The molecule has 19 heavy (non-hydrogen) atoms. The van der Waals surface area contributed by atoms with Crippen LogP contribution in [0.5, 0.6) is 0 Å². The van der Waals surface area contributed by atoms with Gasteiger partial charge in [-0.3, -0.25) is 0 Å². The van der Waals surface area contributed by atoms with Crippen LogP contribution >= 0.6 is 11.5 Å². The molecule has 0 fully saturated rings. The molecule has 0 unspecified atom stereocenters. The lowest BCUT2D eigenvalue weighted by molar-refractivity contribution is 0.0505. The summed E-state index contributed by atoms with van der Waals surface area (Å²) < 4.78 is 10.1. The summed E-state index contributed by atoms with van der Waals surface area (Å²) >= 11 is 1.37.